The zero-order chi connectivity index (χ0) is 10.8. The molecule has 1 fully saturated rings. The molecule has 0 bridgehead atoms. The van der Waals surface area contributed by atoms with Crippen molar-refractivity contribution in [3.05, 3.63) is 11.1 Å². The summed E-state index contributed by atoms with van der Waals surface area (Å²) in [6, 6.07) is 0. The second kappa shape index (κ2) is 4.49. The van der Waals surface area contributed by atoms with Gasteiger partial charge in [0, 0.05) is 31.6 Å². The minimum absolute atomic E-state index is 0.544. The van der Waals surface area contributed by atoms with E-state index >= 15 is 0 Å². The molecule has 1 aliphatic rings. The molecule has 0 unspecified atom stereocenters. The molecule has 0 radical (unpaired) electrons. The maximum atomic E-state index is 4.68. The van der Waals surface area contributed by atoms with Gasteiger partial charge in [0.25, 0.3) is 0 Å². The van der Waals surface area contributed by atoms with Crippen LogP contribution < -0.4 is 4.90 Å². The van der Waals surface area contributed by atoms with Crippen LogP contribution in [0.1, 0.15) is 25.5 Å². The van der Waals surface area contributed by atoms with E-state index in [-0.39, 0.29) is 0 Å². The van der Waals surface area contributed by atoms with Gasteiger partial charge in [0.05, 0.1) is 5.69 Å². The Bertz CT molecular complexity index is 313. The third kappa shape index (κ3) is 2.49. The van der Waals surface area contributed by atoms with Crippen LogP contribution in [0.2, 0.25) is 0 Å². The van der Waals surface area contributed by atoms with Gasteiger partial charge in [-0.2, -0.15) is 0 Å². The van der Waals surface area contributed by atoms with Gasteiger partial charge in [-0.05, 0) is 13.0 Å². The van der Waals surface area contributed by atoms with Crippen LogP contribution in [0.4, 0.5) is 5.13 Å². The molecule has 15 heavy (non-hydrogen) atoms. The molecule has 0 atom stereocenters. The largest absolute Gasteiger partial charge is 0.346 e. The van der Waals surface area contributed by atoms with E-state index in [0.717, 1.165) is 26.2 Å². The summed E-state index contributed by atoms with van der Waals surface area (Å²) in [4.78, 5) is 9.45. The highest BCUT2D eigenvalue weighted by atomic mass is 32.1. The van der Waals surface area contributed by atoms with Crippen molar-refractivity contribution < 1.29 is 0 Å². The summed E-state index contributed by atoms with van der Waals surface area (Å²) in [7, 11) is 2.18. The molecule has 0 N–H and O–H groups in total. The lowest BCUT2D eigenvalue weighted by molar-refractivity contribution is 0.312. The van der Waals surface area contributed by atoms with Gasteiger partial charge < -0.3 is 9.80 Å². The lowest BCUT2D eigenvalue weighted by atomic mass is 10.2. The molecule has 0 amide bonds. The average Bonchev–Trinajstić information content (AvgIpc) is 2.68. The highest BCUT2D eigenvalue weighted by Gasteiger charge is 2.17. The predicted octanol–water partition coefficient (Wildman–Crippen LogP) is 2.02. The maximum Gasteiger partial charge on any atom is 0.185 e. The first-order valence-electron chi connectivity index (χ1n) is 5.55. The number of likely N-dealkylation sites (N-methyl/N-ethyl adjacent to an activating group) is 1. The van der Waals surface area contributed by atoms with Crippen LogP contribution in [-0.4, -0.2) is 43.1 Å². The summed E-state index contributed by atoms with van der Waals surface area (Å²) in [5.74, 6) is 0.544. The first-order chi connectivity index (χ1) is 7.16. The molecule has 0 aliphatic carbocycles. The zero-order valence-electron chi connectivity index (χ0n) is 9.73. The Labute approximate surface area is 95.7 Å². The number of nitrogens with zero attached hydrogens (tertiary/aromatic N) is 3. The summed E-state index contributed by atoms with van der Waals surface area (Å²) in [6.07, 6.45) is 0. The van der Waals surface area contributed by atoms with E-state index in [1.54, 1.807) is 11.3 Å². The van der Waals surface area contributed by atoms with Crippen molar-refractivity contribution in [2.45, 2.75) is 19.8 Å². The molecule has 2 heterocycles. The lowest BCUT2D eigenvalue weighted by Crippen LogP contribution is -2.44. The van der Waals surface area contributed by atoms with Gasteiger partial charge in [-0.1, -0.05) is 13.8 Å². The van der Waals surface area contributed by atoms with Crippen LogP contribution in [0.25, 0.3) is 0 Å². The van der Waals surface area contributed by atoms with Crippen molar-refractivity contribution in [3.8, 4) is 0 Å². The molecule has 1 aliphatic heterocycles. The van der Waals surface area contributed by atoms with Crippen LogP contribution in [-0.2, 0) is 0 Å². The van der Waals surface area contributed by atoms with Crippen molar-refractivity contribution >= 4 is 16.5 Å². The Morgan fingerprint density at radius 2 is 1.93 bits per heavy atom. The van der Waals surface area contributed by atoms with Crippen molar-refractivity contribution in [2.24, 2.45) is 0 Å². The van der Waals surface area contributed by atoms with E-state index in [1.165, 1.54) is 10.8 Å². The minimum Gasteiger partial charge on any atom is -0.346 e. The van der Waals surface area contributed by atoms with Crippen LogP contribution >= 0.6 is 11.3 Å². The van der Waals surface area contributed by atoms with Gasteiger partial charge in [-0.3, -0.25) is 0 Å². The molecular weight excluding hydrogens is 206 g/mol. The van der Waals surface area contributed by atoms with Crippen molar-refractivity contribution in [1.29, 1.82) is 0 Å². The SMILES string of the molecule is CC(C)c1csc(N2CCN(C)CC2)n1. The normalized spacial score (nSPS) is 18.8. The molecule has 2 rings (SSSR count). The molecule has 4 heteroatoms. The first-order valence-corrected chi connectivity index (χ1v) is 6.43. The Morgan fingerprint density at radius 3 is 2.47 bits per heavy atom. The Morgan fingerprint density at radius 1 is 1.27 bits per heavy atom. The Hall–Kier alpha value is -0.610. The summed E-state index contributed by atoms with van der Waals surface area (Å²) < 4.78 is 0. The van der Waals surface area contributed by atoms with Gasteiger partial charge in [0.15, 0.2) is 5.13 Å². The van der Waals surface area contributed by atoms with E-state index in [4.69, 9.17) is 0 Å². The molecular formula is C11H19N3S. The van der Waals surface area contributed by atoms with Crippen LogP contribution in [0.15, 0.2) is 5.38 Å². The molecule has 1 aromatic heterocycles. The van der Waals surface area contributed by atoms with Crippen molar-refractivity contribution in [1.82, 2.24) is 9.88 Å². The number of hydrogen-bond donors (Lipinski definition) is 0. The molecule has 84 valence electrons. The predicted molar refractivity (Wildman–Crippen MR) is 65.9 cm³/mol. The van der Waals surface area contributed by atoms with Crippen molar-refractivity contribution in [3.63, 3.8) is 0 Å². The van der Waals surface area contributed by atoms with Gasteiger partial charge >= 0.3 is 0 Å². The minimum atomic E-state index is 0.544. The fraction of sp³-hybridized carbons (Fsp3) is 0.727. The maximum absolute atomic E-state index is 4.68. The standard InChI is InChI=1S/C11H19N3S/c1-9(2)10-8-15-11(12-10)14-6-4-13(3)5-7-14/h8-9H,4-7H2,1-3H3. The quantitative estimate of drug-likeness (QED) is 0.767. The number of thiazole rings is 1. The number of rotatable bonds is 2. The molecule has 0 spiro atoms. The average molecular weight is 225 g/mol. The van der Waals surface area contributed by atoms with Crippen molar-refractivity contribution in [2.75, 3.05) is 38.1 Å². The Kier molecular flexibility index (Phi) is 3.26. The highest BCUT2D eigenvalue weighted by Crippen LogP contribution is 2.25. The smallest absolute Gasteiger partial charge is 0.185 e. The van der Waals surface area contributed by atoms with E-state index in [2.05, 4.69) is 41.1 Å². The summed E-state index contributed by atoms with van der Waals surface area (Å²) in [5, 5.41) is 3.39. The van der Waals surface area contributed by atoms with Gasteiger partial charge in [-0.25, -0.2) is 4.98 Å². The van der Waals surface area contributed by atoms with Gasteiger partial charge in [0.2, 0.25) is 0 Å². The second-order valence-electron chi connectivity index (χ2n) is 4.50. The number of piperazine rings is 1. The molecule has 3 nitrogen and oxygen atoms in total. The Balaban J connectivity index is 2.03. The second-order valence-corrected chi connectivity index (χ2v) is 5.34. The summed E-state index contributed by atoms with van der Waals surface area (Å²) >= 11 is 1.78. The highest BCUT2D eigenvalue weighted by molar-refractivity contribution is 7.13. The van der Waals surface area contributed by atoms with E-state index in [9.17, 15) is 0 Å². The first kappa shape index (κ1) is 10.9. The molecule has 0 aromatic carbocycles. The number of anilines is 1. The molecule has 1 aromatic rings. The summed E-state index contributed by atoms with van der Waals surface area (Å²) in [6.45, 7) is 8.92. The van der Waals surface area contributed by atoms with Crippen LogP contribution in [0, 0.1) is 0 Å². The lowest BCUT2D eigenvalue weighted by Gasteiger charge is -2.32. The van der Waals surface area contributed by atoms with Crippen LogP contribution in [0.3, 0.4) is 0 Å². The molecule has 1 saturated heterocycles. The zero-order valence-corrected chi connectivity index (χ0v) is 10.5. The van der Waals surface area contributed by atoms with Gasteiger partial charge in [-0.15, -0.1) is 11.3 Å². The number of aromatic nitrogens is 1. The van der Waals surface area contributed by atoms with E-state index < -0.39 is 0 Å². The van der Waals surface area contributed by atoms with E-state index in [1.807, 2.05) is 0 Å². The number of hydrogen-bond acceptors (Lipinski definition) is 4. The monoisotopic (exact) mass is 225 g/mol. The molecule has 0 saturated carbocycles. The summed E-state index contributed by atoms with van der Waals surface area (Å²) in [5.41, 5.74) is 1.23. The fourth-order valence-corrected chi connectivity index (χ4v) is 2.73. The topological polar surface area (TPSA) is 19.4 Å². The van der Waals surface area contributed by atoms with E-state index in [0.29, 0.717) is 5.92 Å². The third-order valence-corrected chi connectivity index (χ3v) is 3.79. The van der Waals surface area contributed by atoms with Crippen LogP contribution in [0.5, 0.6) is 0 Å². The fourth-order valence-electron chi connectivity index (χ4n) is 1.68. The van der Waals surface area contributed by atoms with Gasteiger partial charge in [0.1, 0.15) is 0 Å². The third-order valence-electron chi connectivity index (χ3n) is 2.88.